The molecule has 140 valence electrons. The van der Waals surface area contributed by atoms with Crippen molar-refractivity contribution in [3.63, 3.8) is 0 Å². The molecule has 0 radical (unpaired) electrons. The van der Waals surface area contributed by atoms with Gasteiger partial charge in [0.05, 0.1) is 12.0 Å². The van der Waals surface area contributed by atoms with E-state index in [0.29, 0.717) is 12.0 Å². The molecule has 0 unspecified atom stereocenters. The highest BCUT2D eigenvalue weighted by Crippen LogP contribution is 2.49. The van der Waals surface area contributed by atoms with E-state index in [0.717, 1.165) is 37.8 Å². The molecule has 0 atom stereocenters. The van der Waals surface area contributed by atoms with Gasteiger partial charge in [-0.25, -0.2) is 0 Å². The average molecular weight is 356 g/mol. The molecule has 4 rings (SSSR count). The van der Waals surface area contributed by atoms with Gasteiger partial charge in [0.1, 0.15) is 0 Å². The first kappa shape index (κ1) is 17.5. The summed E-state index contributed by atoms with van der Waals surface area (Å²) in [5, 5.41) is 12.4. The Hall–Kier alpha value is -1.88. The van der Waals surface area contributed by atoms with Crippen molar-refractivity contribution in [3.05, 3.63) is 35.4 Å². The van der Waals surface area contributed by atoms with Crippen molar-refractivity contribution in [1.82, 2.24) is 10.2 Å². The predicted octanol–water partition coefficient (Wildman–Crippen LogP) is 2.47. The Labute approximate surface area is 154 Å². The minimum Gasteiger partial charge on any atom is -0.480 e. The molecule has 0 bridgehead atoms. The summed E-state index contributed by atoms with van der Waals surface area (Å²) >= 11 is 0. The third-order valence-corrected chi connectivity index (χ3v) is 6.34. The van der Waals surface area contributed by atoms with E-state index in [1.54, 1.807) is 0 Å². The molecule has 3 fully saturated rings. The number of hydrogen-bond acceptors (Lipinski definition) is 3. The van der Waals surface area contributed by atoms with Crippen LogP contribution in [0.25, 0.3) is 0 Å². The van der Waals surface area contributed by atoms with Crippen LogP contribution in [0.4, 0.5) is 0 Å². The summed E-state index contributed by atoms with van der Waals surface area (Å²) in [6.45, 7) is 3.09. The van der Waals surface area contributed by atoms with E-state index in [1.807, 2.05) is 12.1 Å². The van der Waals surface area contributed by atoms with Crippen LogP contribution >= 0.6 is 0 Å². The quantitative estimate of drug-likeness (QED) is 0.751. The van der Waals surface area contributed by atoms with E-state index in [9.17, 15) is 9.59 Å². The maximum atomic E-state index is 12.9. The molecule has 0 aliphatic heterocycles. The van der Waals surface area contributed by atoms with E-state index in [1.165, 1.54) is 18.4 Å². The molecule has 0 aromatic heterocycles. The molecule has 3 aliphatic rings. The summed E-state index contributed by atoms with van der Waals surface area (Å²) in [6.07, 6.45) is 6.04. The Bertz CT molecular complexity index is 703. The third-order valence-electron chi connectivity index (χ3n) is 6.34. The molecular formula is C21H28N2O3. The fourth-order valence-electron chi connectivity index (χ4n) is 4.33. The Morgan fingerprint density at radius 3 is 2.50 bits per heavy atom. The molecule has 2 N–H and O–H groups in total. The fraction of sp³-hybridized carbons (Fsp3) is 0.619. The number of benzene rings is 1. The topological polar surface area (TPSA) is 69.6 Å². The van der Waals surface area contributed by atoms with Crippen LogP contribution in [-0.4, -0.2) is 47.1 Å². The van der Waals surface area contributed by atoms with Crippen LogP contribution in [0.15, 0.2) is 24.3 Å². The smallest absolute Gasteiger partial charge is 0.317 e. The van der Waals surface area contributed by atoms with Gasteiger partial charge in [0, 0.05) is 18.6 Å². The number of carboxylic acid groups (broad SMARTS) is 1. The van der Waals surface area contributed by atoms with Crippen LogP contribution in [0.5, 0.6) is 0 Å². The summed E-state index contributed by atoms with van der Waals surface area (Å²) < 4.78 is 0. The first-order valence-corrected chi connectivity index (χ1v) is 9.81. The van der Waals surface area contributed by atoms with Gasteiger partial charge in [0.25, 0.3) is 0 Å². The second kappa shape index (κ2) is 6.69. The third kappa shape index (κ3) is 3.50. The van der Waals surface area contributed by atoms with Gasteiger partial charge < -0.3 is 10.4 Å². The zero-order chi connectivity index (χ0) is 18.3. The largest absolute Gasteiger partial charge is 0.480 e. The normalized spacial score (nSPS) is 26.2. The van der Waals surface area contributed by atoms with Crippen molar-refractivity contribution in [1.29, 1.82) is 0 Å². The van der Waals surface area contributed by atoms with Crippen LogP contribution < -0.4 is 5.32 Å². The molecule has 1 amide bonds. The zero-order valence-corrected chi connectivity index (χ0v) is 15.4. The van der Waals surface area contributed by atoms with Crippen LogP contribution in [0.1, 0.15) is 49.7 Å². The molecular weight excluding hydrogens is 328 g/mol. The molecule has 0 heterocycles. The van der Waals surface area contributed by atoms with E-state index in [4.69, 9.17) is 5.11 Å². The molecule has 26 heavy (non-hydrogen) atoms. The summed E-state index contributed by atoms with van der Waals surface area (Å²) in [7, 11) is 0. The number of carbonyl (C=O) groups excluding carboxylic acids is 1. The molecule has 3 aliphatic carbocycles. The van der Waals surface area contributed by atoms with E-state index < -0.39 is 5.97 Å². The maximum absolute atomic E-state index is 12.9. The van der Waals surface area contributed by atoms with Crippen molar-refractivity contribution >= 4 is 11.9 Å². The van der Waals surface area contributed by atoms with Crippen molar-refractivity contribution in [2.24, 2.45) is 5.92 Å². The van der Waals surface area contributed by atoms with E-state index in [-0.39, 0.29) is 23.9 Å². The lowest BCUT2D eigenvalue weighted by atomic mass is 9.83. The highest BCUT2D eigenvalue weighted by atomic mass is 16.4. The van der Waals surface area contributed by atoms with Gasteiger partial charge in [-0.1, -0.05) is 24.3 Å². The number of amides is 1. The number of nitrogens with zero attached hydrogens (tertiary/aromatic N) is 1. The zero-order valence-electron chi connectivity index (χ0n) is 15.4. The number of carbonyl (C=O) groups is 2. The standard InChI is InChI=1S/C21H28N2O3/c1-14-4-2-3-5-18(14)21(8-9-21)20(26)22-16-10-17(11-16)23(13-19(24)25)12-15-6-7-15/h2-5,15-17H,6-13H2,1H3,(H,22,26)(H,24,25). The fourth-order valence-corrected chi connectivity index (χ4v) is 4.33. The number of carboxylic acids is 1. The number of rotatable bonds is 8. The first-order valence-electron chi connectivity index (χ1n) is 9.81. The Morgan fingerprint density at radius 1 is 1.23 bits per heavy atom. The number of aliphatic carboxylic acids is 1. The summed E-state index contributed by atoms with van der Waals surface area (Å²) in [6, 6.07) is 8.66. The first-order chi connectivity index (χ1) is 12.5. The Kier molecular flexibility index (Phi) is 4.51. The van der Waals surface area contributed by atoms with E-state index in [2.05, 4.69) is 29.3 Å². The summed E-state index contributed by atoms with van der Waals surface area (Å²) in [5.74, 6) is 0.0793. The Balaban J connectivity index is 1.33. The van der Waals surface area contributed by atoms with Crippen molar-refractivity contribution in [2.45, 2.75) is 62.9 Å². The van der Waals surface area contributed by atoms with Crippen LogP contribution in [0.2, 0.25) is 0 Å². The van der Waals surface area contributed by atoms with Gasteiger partial charge in [-0.2, -0.15) is 0 Å². The number of aryl methyl sites for hydroxylation is 1. The van der Waals surface area contributed by atoms with Crippen LogP contribution in [-0.2, 0) is 15.0 Å². The Morgan fingerprint density at radius 2 is 1.92 bits per heavy atom. The van der Waals surface area contributed by atoms with Crippen molar-refractivity contribution in [2.75, 3.05) is 13.1 Å². The molecule has 1 aromatic carbocycles. The van der Waals surface area contributed by atoms with E-state index >= 15 is 0 Å². The lowest BCUT2D eigenvalue weighted by molar-refractivity contribution is -0.140. The summed E-state index contributed by atoms with van der Waals surface area (Å²) in [4.78, 5) is 26.1. The minimum absolute atomic E-state index is 0.120. The second-order valence-electron chi connectivity index (χ2n) is 8.46. The van der Waals surface area contributed by atoms with Gasteiger partial charge >= 0.3 is 5.97 Å². The second-order valence-corrected chi connectivity index (χ2v) is 8.46. The maximum Gasteiger partial charge on any atom is 0.317 e. The van der Waals surface area contributed by atoms with Gasteiger partial charge in [-0.3, -0.25) is 14.5 Å². The molecule has 1 aromatic rings. The number of nitrogens with one attached hydrogen (secondary N) is 1. The lowest BCUT2D eigenvalue weighted by Gasteiger charge is -2.43. The predicted molar refractivity (Wildman–Crippen MR) is 99.0 cm³/mol. The molecule has 5 nitrogen and oxygen atoms in total. The van der Waals surface area contributed by atoms with Gasteiger partial charge in [-0.05, 0) is 62.5 Å². The minimum atomic E-state index is -0.755. The monoisotopic (exact) mass is 356 g/mol. The molecule has 5 heteroatoms. The average Bonchev–Trinajstić information content (AvgIpc) is 3.44. The van der Waals surface area contributed by atoms with Crippen LogP contribution in [0, 0.1) is 12.8 Å². The van der Waals surface area contributed by atoms with Crippen LogP contribution in [0.3, 0.4) is 0 Å². The summed E-state index contributed by atoms with van der Waals surface area (Å²) in [5.41, 5.74) is 2.02. The van der Waals surface area contributed by atoms with Gasteiger partial charge in [0.15, 0.2) is 0 Å². The van der Waals surface area contributed by atoms with Crippen molar-refractivity contribution in [3.8, 4) is 0 Å². The SMILES string of the molecule is Cc1ccccc1C1(C(=O)NC2CC(N(CC(=O)O)CC3CC3)C2)CC1. The van der Waals surface area contributed by atoms with Crippen molar-refractivity contribution < 1.29 is 14.7 Å². The molecule has 3 saturated carbocycles. The molecule has 0 spiro atoms. The lowest BCUT2D eigenvalue weighted by Crippen LogP contribution is -2.56. The van der Waals surface area contributed by atoms with Gasteiger partial charge in [-0.15, -0.1) is 0 Å². The highest BCUT2D eigenvalue weighted by Gasteiger charge is 2.53. The molecule has 0 saturated heterocycles. The van der Waals surface area contributed by atoms with Gasteiger partial charge in [0.2, 0.25) is 5.91 Å². The number of hydrogen-bond donors (Lipinski definition) is 2. The highest BCUT2D eigenvalue weighted by molar-refractivity contribution is 5.92.